The quantitative estimate of drug-likeness (QED) is 0.512. The van der Waals surface area contributed by atoms with Crippen LogP contribution in [0.1, 0.15) is 27.2 Å². The molecule has 152 valence electrons. The molecule has 0 atom stereocenters. The maximum atomic E-state index is 13.4. The van der Waals surface area contributed by atoms with Gasteiger partial charge in [-0.15, -0.1) is 0 Å². The van der Waals surface area contributed by atoms with Crippen LogP contribution in [0.5, 0.6) is 0 Å². The number of nitrogens with zero attached hydrogens (tertiary/aromatic N) is 1. The third-order valence-electron chi connectivity index (χ3n) is 5.16. The van der Waals surface area contributed by atoms with E-state index >= 15 is 0 Å². The van der Waals surface area contributed by atoms with Gasteiger partial charge in [0.25, 0.3) is 11.5 Å². The monoisotopic (exact) mass is 403 g/mol. The van der Waals surface area contributed by atoms with Gasteiger partial charge in [0.2, 0.25) is 0 Å². The Labute approximate surface area is 173 Å². The van der Waals surface area contributed by atoms with Crippen molar-refractivity contribution in [2.24, 2.45) is 0 Å². The molecule has 30 heavy (non-hydrogen) atoms. The number of hydrogen-bond donors (Lipinski definition) is 2. The second-order valence-electron chi connectivity index (χ2n) is 7.32. The first kappa shape index (κ1) is 19.6. The molecule has 5 nitrogen and oxygen atoms in total. The van der Waals surface area contributed by atoms with Crippen LogP contribution in [0.4, 0.5) is 4.39 Å². The summed E-state index contributed by atoms with van der Waals surface area (Å²) in [4.78, 5) is 28.8. The number of halogens is 1. The summed E-state index contributed by atoms with van der Waals surface area (Å²) in [6, 6.07) is 17.9. The highest BCUT2D eigenvalue weighted by Gasteiger charge is 2.16. The van der Waals surface area contributed by atoms with Gasteiger partial charge in [-0.3, -0.25) is 9.59 Å². The van der Waals surface area contributed by atoms with Crippen LogP contribution >= 0.6 is 0 Å². The Morgan fingerprint density at radius 1 is 1.10 bits per heavy atom. The van der Waals surface area contributed by atoms with E-state index in [2.05, 4.69) is 10.3 Å². The lowest BCUT2D eigenvalue weighted by atomic mass is 10.1. The molecule has 0 fully saturated rings. The average Bonchev–Trinajstić information content (AvgIpc) is 3.14. The molecule has 0 bridgehead atoms. The molecule has 4 rings (SSSR count). The van der Waals surface area contributed by atoms with Crippen LogP contribution in [0.25, 0.3) is 10.9 Å². The summed E-state index contributed by atoms with van der Waals surface area (Å²) in [6.07, 6.45) is 2.43. The first-order valence-corrected chi connectivity index (χ1v) is 9.80. The van der Waals surface area contributed by atoms with Crippen molar-refractivity contribution < 1.29 is 9.18 Å². The minimum Gasteiger partial charge on any atom is -0.357 e. The van der Waals surface area contributed by atoms with Gasteiger partial charge in [-0.05, 0) is 54.8 Å². The zero-order chi connectivity index (χ0) is 21.1. The maximum Gasteiger partial charge on any atom is 0.263 e. The number of amides is 1. The van der Waals surface area contributed by atoms with E-state index in [9.17, 15) is 14.0 Å². The molecule has 0 spiro atoms. The lowest BCUT2D eigenvalue weighted by Crippen LogP contribution is -2.34. The number of carbonyl (C=O) groups excluding carboxylic acids is 1. The van der Waals surface area contributed by atoms with Crippen molar-refractivity contribution >= 4 is 16.8 Å². The molecular weight excluding hydrogens is 381 g/mol. The maximum absolute atomic E-state index is 13.4. The number of hydrogen-bond acceptors (Lipinski definition) is 2. The largest absolute Gasteiger partial charge is 0.357 e. The molecule has 6 heteroatoms. The molecule has 0 aliphatic heterocycles. The highest BCUT2D eigenvalue weighted by atomic mass is 19.1. The summed E-state index contributed by atoms with van der Waals surface area (Å²) in [6.45, 7) is 2.47. The standard InChI is InChI=1S/C24H22FN3O2/c1-16-9-11-28(12-10-17-5-3-2-4-6-17)24(30)22(16)23(29)26-15-20-14-18-13-19(25)7-8-21(18)27-20/h2-9,11,13-14,27H,10,12,15H2,1H3,(H,26,29). The van der Waals surface area contributed by atoms with Crippen molar-refractivity contribution in [3.05, 3.63) is 105 Å². The highest BCUT2D eigenvalue weighted by molar-refractivity contribution is 5.95. The van der Waals surface area contributed by atoms with Crippen molar-refractivity contribution in [2.45, 2.75) is 26.4 Å². The van der Waals surface area contributed by atoms with Crippen LogP contribution < -0.4 is 10.9 Å². The van der Waals surface area contributed by atoms with Crippen LogP contribution in [0.15, 0.2) is 71.7 Å². The number of pyridine rings is 1. The Hall–Kier alpha value is -3.67. The van der Waals surface area contributed by atoms with Crippen molar-refractivity contribution in [3.63, 3.8) is 0 Å². The number of fused-ring (bicyclic) bond motifs is 1. The predicted molar refractivity (Wildman–Crippen MR) is 115 cm³/mol. The van der Waals surface area contributed by atoms with Crippen molar-refractivity contribution in [1.29, 1.82) is 0 Å². The minimum atomic E-state index is -0.420. The van der Waals surface area contributed by atoms with Gasteiger partial charge in [0.1, 0.15) is 11.4 Å². The lowest BCUT2D eigenvalue weighted by Gasteiger charge is -2.11. The molecule has 4 aromatic rings. The van der Waals surface area contributed by atoms with Crippen LogP contribution in [0.3, 0.4) is 0 Å². The minimum absolute atomic E-state index is 0.146. The fourth-order valence-electron chi connectivity index (χ4n) is 3.53. The number of benzene rings is 2. The third kappa shape index (κ3) is 4.17. The molecule has 0 aliphatic carbocycles. The third-order valence-corrected chi connectivity index (χ3v) is 5.16. The Morgan fingerprint density at radius 3 is 2.70 bits per heavy atom. The van der Waals surface area contributed by atoms with Crippen molar-refractivity contribution in [1.82, 2.24) is 14.9 Å². The van der Waals surface area contributed by atoms with Gasteiger partial charge in [0, 0.05) is 29.3 Å². The van der Waals surface area contributed by atoms with Crippen LogP contribution in [-0.4, -0.2) is 15.5 Å². The molecular formula is C24H22FN3O2. The molecule has 0 unspecified atom stereocenters. The molecule has 2 aromatic heterocycles. The van der Waals surface area contributed by atoms with E-state index in [-0.39, 0.29) is 23.5 Å². The number of nitrogens with one attached hydrogen (secondary N) is 2. The van der Waals surface area contributed by atoms with Gasteiger partial charge in [0.05, 0.1) is 6.54 Å². The Kier molecular flexibility index (Phi) is 5.48. The Balaban J connectivity index is 1.49. The molecule has 1 amide bonds. The van der Waals surface area contributed by atoms with Gasteiger partial charge in [-0.1, -0.05) is 30.3 Å². The topological polar surface area (TPSA) is 66.9 Å². The van der Waals surface area contributed by atoms with E-state index in [4.69, 9.17) is 0 Å². The summed E-state index contributed by atoms with van der Waals surface area (Å²) < 4.78 is 14.9. The average molecular weight is 403 g/mol. The molecule has 2 heterocycles. The fraction of sp³-hybridized carbons (Fsp3) is 0.167. The van der Waals surface area contributed by atoms with Crippen LogP contribution in [0, 0.1) is 12.7 Å². The van der Waals surface area contributed by atoms with E-state index in [0.717, 1.165) is 22.2 Å². The normalized spacial score (nSPS) is 11.0. The van der Waals surface area contributed by atoms with E-state index in [1.165, 1.54) is 12.1 Å². The van der Waals surface area contributed by atoms with Crippen LogP contribution in [-0.2, 0) is 19.5 Å². The number of aryl methyl sites for hydroxylation is 3. The number of aromatic nitrogens is 2. The SMILES string of the molecule is Cc1ccn(CCc2ccccc2)c(=O)c1C(=O)NCc1cc2cc(F)ccc2[nH]1. The van der Waals surface area contributed by atoms with Gasteiger partial charge < -0.3 is 14.9 Å². The Morgan fingerprint density at radius 2 is 1.90 bits per heavy atom. The molecule has 0 aliphatic rings. The summed E-state index contributed by atoms with van der Waals surface area (Å²) >= 11 is 0. The number of H-pyrrole nitrogens is 1. The van der Waals surface area contributed by atoms with E-state index in [1.54, 1.807) is 35.9 Å². The number of aromatic amines is 1. The van der Waals surface area contributed by atoms with E-state index in [0.29, 0.717) is 18.5 Å². The smallest absolute Gasteiger partial charge is 0.263 e. The zero-order valence-electron chi connectivity index (χ0n) is 16.6. The summed E-state index contributed by atoms with van der Waals surface area (Å²) in [5.74, 6) is -0.732. The summed E-state index contributed by atoms with van der Waals surface area (Å²) in [5.41, 5.74) is 3.13. The fourth-order valence-corrected chi connectivity index (χ4v) is 3.53. The molecule has 0 saturated carbocycles. The number of rotatable bonds is 6. The highest BCUT2D eigenvalue weighted by Crippen LogP contribution is 2.16. The predicted octanol–water partition coefficient (Wildman–Crippen LogP) is 3.95. The van der Waals surface area contributed by atoms with Gasteiger partial charge in [0.15, 0.2) is 0 Å². The first-order chi connectivity index (χ1) is 14.5. The van der Waals surface area contributed by atoms with Gasteiger partial charge >= 0.3 is 0 Å². The lowest BCUT2D eigenvalue weighted by molar-refractivity contribution is 0.0947. The second kappa shape index (κ2) is 8.37. The number of carbonyl (C=O) groups is 1. The first-order valence-electron chi connectivity index (χ1n) is 9.80. The van der Waals surface area contributed by atoms with Crippen molar-refractivity contribution in [2.75, 3.05) is 0 Å². The van der Waals surface area contributed by atoms with Gasteiger partial charge in [-0.25, -0.2) is 4.39 Å². The van der Waals surface area contributed by atoms with E-state index < -0.39 is 5.91 Å². The van der Waals surface area contributed by atoms with Crippen LogP contribution in [0.2, 0.25) is 0 Å². The molecule has 0 saturated heterocycles. The summed E-state index contributed by atoms with van der Waals surface area (Å²) in [7, 11) is 0. The zero-order valence-corrected chi connectivity index (χ0v) is 16.6. The molecule has 2 N–H and O–H groups in total. The Bertz CT molecular complexity index is 1260. The second-order valence-corrected chi connectivity index (χ2v) is 7.32. The molecule has 2 aromatic carbocycles. The summed E-state index contributed by atoms with van der Waals surface area (Å²) in [5, 5.41) is 3.53. The van der Waals surface area contributed by atoms with E-state index in [1.807, 2.05) is 30.3 Å². The van der Waals surface area contributed by atoms with Gasteiger partial charge in [-0.2, -0.15) is 0 Å². The van der Waals surface area contributed by atoms with Crippen molar-refractivity contribution in [3.8, 4) is 0 Å². The molecule has 0 radical (unpaired) electrons.